The van der Waals surface area contributed by atoms with Crippen LogP contribution in [0.25, 0.3) is 11.1 Å². The standard InChI is InChI=1S/C22H19FN2O3/c1-14-13-24(22(27)21-8-5-11-28-21)20-12-16(17-6-3-4-7-18(17)23)9-10-19(20)25(14)15(2)26/h3-12,14H,13H2,1-2H3/t14-/m0/s1. The number of rotatable bonds is 2. The molecule has 2 amide bonds. The number of benzene rings is 2. The van der Waals surface area contributed by atoms with Crippen molar-refractivity contribution in [2.24, 2.45) is 0 Å². The number of fused-ring (bicyclic) bond motifs is 1. The number of furan rings is 1. The molecule has 142 valence electrons. The van der Waals surface area contributed by atoms with Gasteiger partial charge in [0.1, 0.15) is 5.82 Å². The molecular weight excluding hydrogens is 359 g/mol. The average molecular weight is 378 g/mol. The summed E-state index contributed by atoms with van der Waals surface area (Å²) >= 11 is 0. The smallest absolute Gasteiger partial charge is 0.294 e. The largest absolute Gasteiger partial charge is 0.459 e. The normalized spacial score (nSPS) is 16.0. The van der Waals surface area contributed by atoms with Gasteiger partial charge >= 0.3 is 0 Å². The molecule has 0 saturated carbocycles. The molecule has 28 heavy (non-hydrogen) atoms. The van der Waals surface area contributed by atoms with Gasteiger partial charge in [-0.3, -0.25) is 9.59 Å². The third-order valence-corrected chi connectivity index (χ3v) is 4.91. The van der Waals surface area contributed by atoms with Crippen molar-refractivity contribution < 1.29 is 18.4 Å². The van der Waals surface area contributed by atoms with Gasteiger partial charge in [-0.2, -0.15) is 0 Å². The number of hydrogen-bond acceptors (Lipinski definition) is 3. The minimum atomic E-state index is -0.348. The zero-order chi connectivity index (χ0) is 19.8. The van der Waals surface area contributed by atoms with E-state index in [1.54, 1.807) is 58.3 Å². The van der Waals surface area contributed by atoms with E-state index in [1.807, 2.05) is 6.92 Å². The fourth-order valence-corrected chi connectivity index (χ4v) is 3.69. The van der Waals surface area contributed by atoms with Gasteiger partial charge in [0.25, 0.3) is 5.91 Å². The quantitative estimate of drug-likeness (QED) is 0.660. The topological polar surface area (TPSA) is 53.8 Å². The summed E-state index contributed by atoms with van der Waals surface area (Å²) < 4.78 is 19.6. The molecular formula is C22H19FN2O3. The Morgan fingerprint density at radius 2 is 1.86 bits per heavy atom. The first-order valence-electron chi connectivity index (χ1n) is 9.01. The van der Waals surface area contributed by atoms with E-state index in [-0.39, 0.29) is 29.4 Å². The third kappa shape index (κ3) is 2.97. The molecule has 2 heterocycles. The lowest BCUT2D eigenvalue weighted by atomic mass is 10.00. The number of nitrogens with zero attached hydrogens (tertiary/aromatic N) is 2. The zero-order valence-corrected chi connectivity index (χ0v) is 15.6. The van der Waals surface area contributed by atoms with E-state index in [0.717, 1.165) is 0 Å². The first-order chi connectivity index (χ1) is 13.5. The van der Waals surface area contributed by atoms with Crippen molar-refractivity contribution in [3.63, 3.8) is 0 Å². The van der Waals surface area contributed by atoms with Gasteiger partial charge in [0.05, 0.1) is 23.7 Å². The van der Waals surface area contributed by atoms with Crippen molar-refractivity contribution in [1.82, 2.24) is 0 Å². The molecule has 0 fully saturated rings. The summed E-state index contributed by atoms with van der Waals surface area (Å²) in [7, 11) is 0. The summed E-state index contributed by atoms with van der Waals surface area (Å²) in [6.45, 7) is 3.69. The second kappa shape index (κ2) is 6.96. The van der Waals surface area contributed by atoms with E-state index in [1.165, 1.54) is 19.3 Å². The Morgan fingerprint density at radius 1 is 1.07 bits per heavy atom. The van der Waals surface area contributed by atoms with Crippen molar-refractivity contribution in [3.8, 4) is 11.1 Å². The van der Waals surface area contributed by atoms with Crippen LogP contribution in [0.1, 0.15) is 24.4 Å². The van der Waals surface area contributed by atoms with Crippen LogP contribution in [0.5, 0.6) is 0 Å². The summed E-state index contributed by atoms with van der Waals surface area (Å²) in [5.74, 6) is -0.547. The summed E-state index contributed by atoms with van der Waals surface area (Å²) in [5.41, 5.74) is 2.23. The summed E-state index contributed by atoms with van der Waals surface area (Å²) in [6, 6.07) is 14.8. The first kappa shape index (κ1) is 18.0. The Morgan fingerprint density at radius 3 is 2.54 bits per heavy atom. The van der Waals surface area contributed by atoms with Crippen LogP contribution in [0.3, 0.4) is 0 Å². The second-order valence-electron chi connectivity index (χ2n) is 6.81. The maximum absolute atomic E-state index is 14.3. The summed E-state index contributed by atoms with van der Waals surface area (Å²) in [6.07, 6.45) is 1.44. The van der Waals surface area contributed by atoms with Crippen LogP contribution >= 0.6 is 0 Å². The maximum atomic E-state index is 14.3. The molecule has 5 nitrogen and oxygen atoms in total. The maximum Gasteiger partial charge on any atom is 0.294 e. The molecule has 1 aliphatic rings. The number of carbonyl (C=O) groups excluding carboxylic acids is 2. The number of carbonyl (C=O) groups is 2. The monoisotopic (exact) mass is 378 g/mol. The van der Waals surface area contributed by atoms with Gasteiger partial charge in [-0.15, -0.1) is 0 Å². The van der Waals surface area contributed by atoms with Crippen LogP contribution in [0.2, 0.25) is 0 Å². The molecule has 1 atom stereocenters. The highest BCUT2D eigenvalue weighted by Crippen LogP contribution is 2.39. The molecule has 4 rings (SSSR count). The van der Waals surface area contributed by atoms with E-state index < -0.39 is 0 Å². The van der Waals surface area contributed by atoms with Crippen LogP contribution in [-0.2, 0) is 4.79 Å². The average Bonchev–Trinajstić information content (AvgIpc) is 3.21. The zero-order valence-electron chi connectivity index (χ0n) is 15.6. The molecule has 0 bridgehead atoms. The molecule has 0 spiro atoms. The van der Waals surface area contributed by atoms with Crippen LogP contribution in [0, 0.1) is 5.82 Å². The van der Waals surface area contributed by atoms with E-state index in [0.29, 0.717) is 29.0 Å². The molecule has 0 unspecified atom stereocenters. The molecule has 3 aromatic rings. The third-order valence-electron chi connectivity index (χ3n) is 4.91. The molecule has 2 aromatic carbocycles. The summed E-state index contributed by atoms with van der Waals surface area (Å²) in [5, 5.41) is 0. The van der Waals surface area contributed by atoms with Crippen molar-refractivity contribution in [1.29, 1.82) is 0 Å². The van der Waals surface area contributed by atoms with Gasteiger partial charge in [0, 0.05) is 19.0 Å². The van der Waals surface area contributed by atoms with Gasteiger partial charge in [-0.1, -0.05) is 24.3 Å². The van der Waals surface area contributed by atoms with Gasteiger partial charge in [0.2, 0.25) is 5.91 Å². The highest BCUT2D eigenvalue weighted by atomic mass is 19.1. The van der Waals surface area contributed by atoms with E-state index >= 15 is 0 Å². The lowest BCUT2D eigenvalue weighted by Gasteiger charge is -2.40. The van der Waals surface area contributed by atoms with E-state index in [4.69, 9.17) is 4.42 Å². The lowest BCUT2D eigenvalue weighted by Crippen LogP contribution is -2.51. The van der Waals surface area contributed by atoms with Gasteiger partial charge in [-0.25, -0.2) is 4.39 Å². The molecule has 6 heteroatoms. The minimum Gasteiger partial charge on any atom is -0.459 e. The SMILES string of the molecule is CC(=O)N1c2ccc(-c3ccccc3F)cc2N(C(=O)c2ccco2)C[C@@H]1C. The van der Waals surface area contributed by atoms with Gasteiger partial charge in [0.15, 0.2) is 5.76 Å². The Kier molecular flexibility index (Phi) is 4.47. The first-order valence-corrected chi connectivity index (χ1v) is 9.01. The number of anilines is 2. The fourth-order valence-electron chi connectivity index (χ4n) is 3.69. The fraction of sp³-hybridized carbons (Fsp3) is 0.182. The molecule has 0 N–H and O–H groups in total. The van der Waals surface area contributed by atoms with Crippen LogP contribution in [0.15, 0.2) is 65.3 Å². The molecule has 1 aromatic heterocycles. The van der Waals surface area contributed by atoms with Crippen molar-refractivity contribution in [2.45, 2.75) is 19.9 Å². The summed E-state index contributed by atoms with van der Waals surface area (Å²) in [4.78, 5) is 28.5. The molecule has 0 aliphatic carbocycles. The van der Waals surface area contributed by atoms with Crippen molar-refractivity contribution in [2.75, 3.05) is 16.3 Å². The van der Waals surface area contributed by atoms with E-state index in [2.05, 4.69) is 0 Å². The van der Waals surface area contributed by atoms with Crippen molar-refractivity contribution in [3.05, 3.63) is 72.4 Å². The van der Waals surface area contributed by atoms with Gasteiger partial charge in [-0.05, 0) is 42.8 Å². The highest BCUT2D eigenvalue weighted by molar-refractivity contribution is 6.10. The van der Waals surface area contributed by atoms with Crippen LogP contribution < -0.4 is 9.80 Å². The van der Waals surface area contributed by atoms with Gasteiger partial charge < -0.3 is 14.2 Å². The molecule has 1 aliphatic heterocycles. The van der Waals surface area contributed by atoms with Crippen LogP contribution in [0.4, 0.5) is 15.8 Å². The Balaban J connectivity index is 1.87. The van der Waals surface area contributed by atoms with E-state index in [9.17, 15) is 14.0 Å². The predicted molar refractivity (Wildman–Crippen MR) is 105 cm³/mol. The Labute approximate surface area is 162 Å². The Bertz CT molecular complexity index is 1050. The Hall–Kier alpha value is -3.41. The number of halogens is 1. The minimum absolute atomic E-state index is 0.113. The highest BCUT2D eigenvalue weighted by Gasteiger charge is 2.35. The molecule has 0 radical (unpaired) electrons. The number of hydrogen-bond donors (Lipinski definition) is 0. The predicted octanol–water partition coefficient (Wildman–Crippen LogP) is 4.49. The lowest BCUT2D eigenvalue weighted by molar-refractivity contribution is -0.117. The number of amides is 2. The molecule has 0 saturated heterocycles. The van der Waals surface area contributed by atoms with Crippen LogP contribution in [-0.4, -0.2) is 24.4 Å². The second-order valence-corrected chi connectivity index (χ2v) is 6.81. The van der Waals surface area contributed by atoms with Crippen molar-refractivity contribution >= 4 is 23.2 Å².